The van der Waals surface area contributed by atoms with Crippen molar-refractivity contribution in [2.75, 3.05) is 0 Å². The Morgan fingerprint density at radius 2 is 0.953 bits per heavy atom. The number of nitrogens with zero attached hydrogens (tertiary/aromatic N) is 4. The van der Waals surface area contributed by atoms with Gasteiger partial charge in [0.1, 0.15) is 6.33 Å². The standard InChI is InChI=1S/C13H21NO.C13H21N.C12H20N2/c1-12(2,3)10-8-7-9-14(15)11(10)13(4,5)6;1-12(2,3)10-8-7-9-14-11(10)13(4,5)6;1-11(2,3)9-7-13-8-14-10(9)12(4,5)6/h7-9H,1-6H3;7-9H,1-6H3;7-8H,1-6H3. The number of hydrogen-bond acceptors (Lipinski definition) is 4. The van der Waals surface area contributed by atoms with Gasteiger partial charge in [-0.25, -0.2) is 9.97 Å². The normalized spacial score (nSPS) is 13.0. The van der Waals surface area contributed by atoms with E-state index in [9.17, 15) is 5.21 Å². The van der Waals surface area contributed by atoms with E-state index in [1.165, 1.54) is 16.8 Å². The summed E-state index contributed by atoms with van der Waals surface area (Å²) < 4.78 is 1.00. The van der Waals surface area contributed by atoms with Gasteiger partial charge in [-0.1, -0.05) is 131 Å². The van der Waals surface area contributed by atoms with Crippen LogP contribution < -0.4 is 4.73 Å². The van der Waals surface area contributed by atoms with Gasteiger partial charge in [-0.2, -0.15) is 4.73 Å². The fraction of sp³-hybridized carbons (Fsp3) is 0.632. The Balaban J connectivity index is 0.000000323. The van der Waals surface area contributed by atoms with Gasteiger partial charge in [-0.3, -0.25) is 4.98 Å². The van der Waals surface area contributed by atoms with E-state index in [-0.39, 0.29) is 32.5 Å². The van der Waals surface area contributed by atoms with Gasteiger partial charge >= 0.3 is 0 Å². The smallest absolute Gasteiger partial charge is 0.201 e. The molecular weight excluding hydrogens is 528 g/mol. The van der Waals surface area contributed by atoms with E-state index in [0.717, 1.165) is 21.7 Å². The molecule has 3 rings (SSSR count). The first-order chi connectivity index (χ1) is 19.1. The molecule has 3 heterocycles. The molecule has 0 radical (unpaired) electrons. The van der Waals surface area contributed by atoms with Crippen molar-refractivity contribution in [3.05, 3.63) is 88.2 Å². The van der Waals surface area contributed by atoms with Gasteiger partial charge in [0.2, 0.25) is 5.69 Å². The average Bonchev–Trinajstić information content (AvgIpc) is 2.81. The largest absolute Gasteiger partial charge is 0.618 e. The summed E-state index contributed by atoms with van der Waals surface area (Å²) in [5, 5.41) is 11.9. The van der Waals surface area contributed by atoms with Gasteiger partial charge in [0.05, 0.1) is 5.69 Å². The lowest BCUT2D eigenvalue weighted by Crippen LogP contribution is -2.41. The molecule has 0 aromatic carbocycles. The topological polar surface area (TPSA) is 65.6 Å². The molecule has 240 valence electrons. The molecule has 43 heavy (non-hydrogen) atoms. The van der Waals surface area contributed by atoms with Crippen LogP contribution in [0.25, 0.3) is 0 Å². The molecule has 0 aliphatic carbocycles. The van der Waals surface area contributed by atoms with E-state index in [0.29, 0.717) is 0 Å². The summed E-state index contributed by atoms with van der Waals surface area (Å²) in [6.45, 7) is 39.1. The van der Waals surface area contributed by atoms with Gasteiger partial charge in [0.15, 0.2) is 6.20 Å². The Labute approximate surface area is 264 Å². The zero-order chi connectivity index (χ0) is 33.8. The van der Waals surface area contributed by atoms with Crippen LogP contribution in [0.5, 0.6) is 0 Å². The molecule has 0 spiro atoms. The third-order valence-corrected chi connectivity index (χ3v) is 7.04. The SMILES string of the molecule is CC(C)(C)c1ccc[n+]([O-])c1C(C)(C)C.CC(C)(C)c1cccnc1C(C)(C)C.CC(C)(C)c1cncnc1C(C)(C)C. The molecular formula is C38H62N4O. The second-order valence-electron chi connectivity index (χ2n) is 17.8. The fourth-order valence-electron chi connectivity index (χ4n) is 4.91. The molecule has 0 amide bonds. The van der Waals surface area contributed by atoms with Gasteiger partial charge in [0.25, 0.3) is 0 Å². The summed E-state index contributed by atoms with van der Waals surface area (Å²) >= 11 is 0. The van der Waals surface area contributed by atoms with Crippen LogP contribution in [0.3, 0.4) is 0 Å². The monoisotopic (exact) mass is 590 g/mol. The summed E-state index contributed by atoms with van der Waals surface area (Å²) in [5.74, 6) is 0. The second-order valence-corrected chi connectivity index (χ2v) is 17.8. The number of pyridine rings is 2. The Kier molecular flexibility index (Phi) is 11.9. The van der Waals surface area contributed by atoms with E-state index < -0.39 is 0 Å². The highest BCUT2D eigenvalue weighted by Crippen LogP contribution is 2.33. The molecule has 5 nitrogen and oxygen atoms in total. The summed E-state index contributed by atoms with van der Waals surface area (Å²) in [6, 6.07) is 8.08. The Hall–Kier alpha value is -2.82. The highest BCUT2D eigenvalue weighted by molar-refractivity contribution is 5.32. The zero-order valence-electron chi connectivity index (χ0n) is 30.8. The highest BCUT2D eigenvalue weighted by Gasteiger charge is 2.32. The van der Waals surface area contributed by atoms with Crippen LogP contribution in [0.2, 0.25) is 0 Å². The Bertz CT molecular complexity index is 1180. The first kappa shape index (κ1) is 38.2. The second kappa shape index (κ2) is 13.4. The van der Waals surface area contributed by atoms with Crippen molar-refractivity contribution in [3.8, 4) is 0 Å². The molecule has 0 aliphatic heterocycles. The van der Waals surface area contributed by atoms with E-state index in [1.807, 2.05) is 24.5 Å². The van der Waals surface area contributed by atoms with Crippen LogP contribution in [-0.4, -0.2) is 15.0 Å². The van der Waals surface area contributed by atoms with Crippen LogP contribution >= 0.6 is 0 Å². The fourth-order valence-corrected chi connectivity index (χ4v) is 4.91. The van der Waals surface area contributed by atoms with Crippen molar-refractivity contribution in [1.82, 2.24) is 15.0 Å². The van der Waals surface area contributed by atoms with Crippen molar-refractivity contribution < 1.29 is 4.73 Å². The van der Waals surface area contributed by atoms with E-state index in [4.69, 9.17) is 0 Å². The molecule has 3 aromatic heterocycles. The van der Waals surface area contributed by atoms with Crippen LogP contribution in [0, 0.1) is 5.21 Å². The first-order valence-corrected chi connectivity index (χ1v) is 15.6. The van der Waals surface area contributed by atoms with Gasteiger partial charge in [0, 0.05) is 46.0 Å². The maximum absolute atomic E-state index is 11.9. The lowest BCUT2D eigenvalue weighted by molar-refractivity contribution is -0.618. The first-order valence-electron chi connectivity index (χ1n) is 15.6. The molecule has 0 bridgehead atoms. The van der Waals surface area contributed by atoms with Crippen molar-refractivity contribution in [1.29, 1.82) is 0 Å². The third-order valence-electron chi connectivity index (χ3n) is 7.04. The zero-order valence-corrected chi connectivity index (χ0v) is 30.8. The van der Waals surface area contributed by atoms with Crippen LogP contribution in [-0.2, 0) is 32.5 Å². The van der Waals surface area contributed by atoms with Gasteiger partial charge in [-0.05, 0) is 39.5 Å². The maximum Gasteiger partial charge on any atom is 0.201 e. The molecule has 0 atom stereocenters. The minimum Gasteiger partial charge on any atom is -0.618 e. The number of hydrogen-bond donors (Lipinski definition) is 0. The molecule has 0 fully saturated rings. The summed E-state index contributed by atoms with van der Waals surface area (Å²) in [6.07, 6.45) is 7.04. The van der Waals surface area contributed by atoms with Crippen molar-refractivity contribution in [2.45, 2.75) is 157 Å². The molecule has 3 aromatic rings. The van der Waals surface area contributed by atoms with Crippen LogP contribution in [0.1, 0.15) is 158 Å². The van der Waals surface area contributed by atoms with Crippen molar-refractivity contribution >= 4 is 0 Å². The van der Waals surface area contributed by atoms with Crippen LogP contribution in [0.15, 0.2) is 49.2 Å². The van der Waals surface area contributed by atoms with Crippen molar-refractivity contribution in [2.24, 2.45) is 0 Å². The molecule has 0 saturated carbocycles. The Morgan fingerprint density at radius 1 is 0.512 bits per heavy atom. The number of aromatic nitrogens is 4. The van der Waals surface area contributed by atoms with E-state index >= 15 is 0 Å². The quantitative estimate of drug-likeness (QED) is 0.193. The summed E-state index contributed by atoms with van der Waals surface area (Å²) in [4.78, 5) is 13.0. The molecule has 0 saturated heterocycles. The molecule has 0 aliphatic rings. The Morgan fingerprint density at radius 3 is 1.30 bits per heavy atom. The highest BCUT2D eigenvalue weighted by atomic mass is 16.5. The van der Waals surface area contributed by atoms with E-state index in [1.54, 1.807) is 12.5 Å². The lowest BCUT2D eigenvalue weighted by Gasteiger charge is -2.28. The van der Waals surface area contributed by atoms with Gasteiger partial charge in [-0.15, -0.1) is 0 Å². The minimum absolute atomic E-state index is 0.00995. The average molecular weight is 591 g/mol. The predicted octanol–water partition coefficient (Wildman–Crippen LogP) is 9.66. The summed E-state index contributed by atoms with van der Waals surface area (Å²) in [5.41, 5.74) is 7.37. The minimum atomic E-state index is -0.119. The van der Waals surface area contributed by atoms with Crippen LogP contribution in [0.4, 0.5) is 0 Å². The predicted molar refractivity (Wildman–Crippen MR) is 184 cm³/mol. The lowest BCUT2D eigenvalue weighted by atomic mass is 9.78. The maximum atomic E-state index is 11.9. The molecule has 0 unspecified atom stereocenters. The molecule has 0 N–H and O–H groups in total. The third kappa shape index (κ3) is 11.3. The van der Waals surface area contributed by atoms with E-state index in [2.05, 4.69) is 152 Å². The number of rotatable bonds is 0. The van der Waals surface area contributed by atoms with Crippen molar-refractivity contribution in [3.63, 3.8) is 0 Å². The summed E-state index contributed by atoms with van der Waals surface area (Å²) in [7, 11) is 0. The van der Waals surface area contributed by atoms with Gasteiger partial charge < -0.3 is 5.21 Å². The molecule has 5 heteroatoms.